The SMILES string of the molecule is CCCC[N+]1(S(=O)(=O)O)C=CN(C)C1.[Cl-]. The van der Waals surface area contributed by atoms with Gasteiger partial charge in [0.25, 0.3) is 0 Å². The summed E-state index contributed by atoms with van der Waals surface area (Å²) >= 11 is 0. The van der Waals surface area contributed by atoms with E-state index in [2.05, 4.69) is 0 Å². The molecule has 90 valence electrons. The molecule has 15 heavy (non-hydrogen) atoms. The van der Waals surface area contributed by atoms with Gasteiger partial charge in [-0.1, -0.05) is 13.3 Å². The summed E-state index contributed by atoms with van der Waals surface area (Å²) in [5, 5.41) is 0. The zero-order chi connectivity index (χ0) is 10.8. The van der Waals surface area contributed by atoms with E-state index in [4.69, 9.17) is 0 Å². The summed E-state index contributed by atoms with van der Waals surface area (Å²) in [5.74, 6) is 0. The molecule has 0 saturated carbocycles. The fraction of sp³-hybridized carbons (Fsp3) is 0.750. The van der Waals surface area contributed by atoms with Crippen LogP contribution in [0, 0.1) is 0 Å². The largest absolute Gasteiger partial charge is 1.00 e. The van der Waals surface area contributed by atoms with Gasteiger partial charge in [-0.2, -0.15) is 0 Å². The minimum Gasteiger partial charge on any atom is -1.00 e. The number of halogens is 1. The summed E-state index contributed by atoms with van der Waals surface area (Å²) in [6.45, 7) is 2.71. The summed E-state index contributed by atoms with van der Waals surface area (Å²) in [6, 6.07) is 0. The van der Waals surface area contributed by atoms with Crippen LogP contribution in [-0.2, 0) is 10.3 Å². The Balaban J connectivity index is 0.00000196. The lowest BCUT2D eigenvalue weighted by atomic mass is 10.3. The molecule has 0 aromatic heterocycles. The maximum atomic E-state index is 11.3. The van der Waals surface area contributed by atoms with Crippen molar-refractivity contribution in [2.45, 2.75) is 19.8 Å². The van der Waals surface area contributed by atoms with E-state index in [1.165, 1.54) is 6.20 Å². The molecule has 5 nitrogen and oxygen atoms in total. The van der Waals surface area contributed by atoms with E-state index in [1.54, 1.807) is 18.1 Å². The molecule has 1 unspecified atom stereocenters. The Morgan fingerprint density at radius 2 is 2.13 bits per heavy atom. The molecule has 1 aliphatic rings. The third-order valence-electron chi connectivity index (χ3n) is 2.40. The molecule has 1 N–H and O–H groups in total. The van der Waals surface area contributed by atoms with Gasteiger partial charge in [0.1, 0.15) is 12.7 Å². The summed E-state index contributed by atoms with van der Waals surface area (Å²) in [6.07, 6.45) is 4.90. The van der Waals surface area contributed by atoms with Crippen molar-refractivity contribution in [3.05, 3.63) is 12.4 Å². The minimum absolute atomic E-state index is 0. The summed E-state index contributed by atoms with van der Waals surface area (Å²) in [5.41, 5.74) is 0. The molecule has 0 saturated heterocycles. The molecule has 0 aliphatic carbocycles. The van der Waals surface area contributed by atoms with Gasteiger partial charge in [0.15, 0.2) is 6.67 Å². The first kappa shape index (κ1) is 14.7. The maximum Gasteiger partial charge on any atom is 0.438 e. The molecule has 0 fully saturated rings. The van der Waals surface area contributed by atoms with Crippen LogP contribution in [0.5, 0.6) is 0 Å². The normalized spacial score (nSPS) is 25.4. The van der Waals surface area contributed by atoms with Gasteiger partial charge in [-0.15, -0.1) is 12.3 Å². The van der Waals surface area contributed by atoms with Crippen LogP contribution in [0.4, 0.5) is 0 Å². The van der Waals surface area contributed by atoms with E-state index in [0.29, 0.717) is 13.2 Å². The van der Waals surface area contributed by atoms with Crippen LogP contribution in [0.15, 0.2) is 12.4 Å². The summed E-state index contributed by atoms with van der Waals surface area (Å²) in [4.78, 5) is 1.75. The summed E-state index contributed by atoms with van der Waals surface area (Å²) in [7, 11) is -2.27. The molecule has 0 aromatic rings. The fourth-order valence-electron chi connectivity index (χ4n) is 1.54. The van der Waals surface area contributed by atoms with Crippen LogP contribution < -0.4 is 12.4 Å². The van der Waals surface area contributed by atoms with Gasteiger partial charge in [0, 0.05) is 7.05 Å². The fourth-order valence-corrected chi connectivity index (χ4v) is 2.44. The Morgan fingerprint density at radius 3 is 2.47 bits per heavy atom. The number of quaternary nitrogens is 1. The number of nitrogens with zero attached hydrogens (tertiary/aromatic N) is 2. The predicted octanol–water partition coefficient (Wildman–Crippen LogP) is -2.22. The van der Waals surface area contributed by atoms with Crippen molar-refractivity contribution in [2.24, 2.45) is 0 Å². The molecular weight excluding hydrogens is 240 g/mol. The first-order chi connectivity index (χ1) is 6.41. The second kappa shape index (κ2) is 5.16. The molecular formula is C8H17ClN2O3S. The van der Waals surface area contributed by atoms with E-state index in [1.807, 2.05) is 6.92 Å². The van der Waals surface area contributed by atoms with Crippen LogP contribution in [-0.4, -0.2) is 42.0 Å². The molecule has 7 heteroatoms. The number of unbranched alkanes of at least 4 members (excludes halogenated alkanes) is 1. The Labute approximate surface area is 97.2 Å². The van der Waals surface area contributed by atoms with E-state index in [-0.39, 0.29) is 16.3 Å². The average Bonchev–Trinajstić information content (AvgIpc) is 2.44. The lowest BCUT2D eigenvalue weighted by Crippen LogP contribution is -3.00. The lowest BCUT2D eigenvalue weighted by Gasteiger charge is -2.27. The van der Waals surface area contributed by atoms with Crippen LogP contribution in [0.3, 0.4) is 0 Å². The third-order valence-corrected chi connectivity index (χ3v) is 3.74. The highest BCUT2D eigenvalue weighted by Gasteiger charge is 2.42. The van der Waals surface area contributed by atoms with Gasteiger partial charge in [0.2, 0.25) is 0 Å². The summed E-state index contributed by atoms with van der Waals surface area (Å²) < 4.78 is 31.3. The monoisotopic (exact) mass is 256 g/mol. The van der Waals surface area contributed by atoms with E-state index in [0.717, 1.165) is 12.8 Å². The van der Waals surface area contributed by atoms with Crippen molar-refractivity contribution in [2.75, 3.05) is 20.3 Å². The molecule has 0 bridgehead atoms. The van der Waals surface area contributed by atoms with E-state index < -0.39 is 10.3 Å². The zero-order valence-corrected chi connectivity index (χ0v) is 10.5. The zero-order valence-electron chi connectivity index (χ0n) is 8.93. The molecule has 0 radical (unpaired) electrons. The Hall–Kier alpha value is -0.300. The first-order valence-corrected chi connectivity index (χ1v) is 6.05. The second-order valence-electron chi connectivity index (χ2n) is 3.67. The maximum absolute atomic E-state index is 11.3. The Bertz CT molecular complexity index is 331. The van der Waals surface area contributed by atoms with Crippen LogP contribution in [0.2, 0.25) is 0 Å². The van der Waals surface area contributed by atoms with Crippen LogP contribution in [0.1, 0.15) is 19.8 Å². The number of hydrogen-bond acceptors (Lipinski definition) is 3. The van der Waals surface area contributed by atoms with Crippen molar-refractivity contribution in [1.29, 1.82) is 0 Å². The van der Waals surface area contributed by atoms with Gasteiger partial charge >= 0.3 is 10.3 Å². The van der Waals surface area contributed by atoms with Gasteiger partial charge < -0.3 is 17.3 Å². The molecule has 1 heterocycles. The molecule has 0 spiro atoms. The van der Waals surface area contributed by atoms with Gasteiger partial charge in [-0.3, -0.25) is 0 Å². The van der Waals surface area contributed by atoms with Crippen LogP contribution in [0.25, 0.3) is 0 Å². The minimum atomic E-state index is -4.06. The average molecular weight is 257 g/mol. The highest BCUT2D eigenvalue weighted by molar-refractivity contribution is 7.80. The quantitative estimate of drug-likeness (QED) is 0.458. The predicted molar refractivity (Wildman–Crippen MR) is 53.4 cm³/mol. The molecule has 0 amide bonds. The smallest absolute Gasteiger partial charge is 0.438 e. The molecule has 1 atom stereocenters. The number of rotatable bonds is 4. The van der Waals surface area contributed by atoms with Crippen molar-refractivity contribution in [3.63, 3.8) is 0 Å². The molecule has 1 aliphatic heterocycles. The van der Waals surface area contributed by atoms with Crippen molar-refractivity contribution in [1.82, 2.24) is 4.90 Å². The first-order valence-electron chi connectivity index (χ1n) is 4.65. The third kappa shape index (κ3) is 3.07. The second-order valence-corrected chi connectivity index (χ2v) is 5.30. The Morgan fingerprint density at radius 1 is 1.53 bits per heavy atom. The molecule has 0 aromatic carbocycles. The molecule has 1 rings (SSSR count). The van der Waals surface area contributed by atoms with Crippen molar-refractivity contribution < 1.29 is 29.3 Å². The van der Waals surface area contributed by atoms with E-state index in [9.17, 15) is 13.0 Å². The Kier molecular flexibility index (Phi) is 5.05. The number of hydrogen-bond donors (Lipinski definition) is 1. The van der Waals surface area contributed by atoms with E-state index >= 15 is 0 Å². The lowest BCUT2D eigenvalue weighted by molar-refractivity contribution is -0.759. The van der Waals surface area contributed by atoms with Gasteiger partial charge in [-0.05, 0) is 6.42 Å². The van der Waals surface area contributed by atoms with Gasteiger partial charge in [0.05, 0.1) is 6.20 Å². The van der Waals surface area contributed by atoms with Crippen molar-refractivity contribution >= 4 is 10.3 Å². The van der Waals surface area contributed by atoms with Crippen LogP contribution >= 0.6 is 0 Å². The topological polar surface area (TPSA) is 57.6 Å². The van der Waals surface area contributed by atoms with Gasteiger partial charge in [-0.25, -0.2) is 4.55 Å². The highest BCUT2D eigenvalue weighted by Crippen LogP contribution is 2.22. The van der Waals surface area contributed by atoms with Crippen molar-refractivity contribution in [3.8, 4) is 0 Å². The highest BCUT2D eigenvalue weighted by atomic mass is 35.5. The standard InChI is InChI=1S/C8H16N2O3S.ClH/c1-3-4-6-10(14(11,12)13)7-5-9(2)8-10;/h5,7H,3-4,6,8H2,1-2H3;1H.